The van der Waals surface area contributed by atoms with E-state index in [2.05, 4.69) is 17.3 Å². The number of ether oxygens (including phenoxy) is 1. The van der Waals surface area contributed by atoms with Crippen molar-refractivity contribution in [3.8, 4) is 0 Å². The highest BCUT2D eigenvalue weighted by Gasteiger charge is 2.37. The first kappa shape index (κ1) is 13.3. The van der Waals surface area contributed by atoms with Crippen LogP contribution in [-0.2, 0) is 4.74 Å². The summed E-state index contributed by atoms with van der Waals surface area (Å²) in [5, 5.41) is 12.9. The lowest BCUT2D eigenvalue weighted by atomic mass is 9.78. The van der Waals surface area contributed by atoms with Crippen molar-refractivity contribution in [2.45, 2.75) is 49.7 Å². The van der Waals surface area contributed by atoms with E-state index in [1.165, 1.54) is 12.8 Å². The van der Waals surface area contributed by atoms with Crippen LogP contribution in [0, 0.1) is 0 Å². The van der Waals surface area contributed by atoms with Gasteiger partial charge in [-0.25, -0.2) is 0 Å². The fourth-order valence-corrected chi connectivity index (χ4v) is 3.27. The Bertz CT molecular complexity index is 238. The van der Waals surface area contributed by atoms with Crippen LogP contribution in [0.3, 0.4) is 0 Å². The van der Waals surface area contributed by atoms with Crippen LogP contribution in [0.4, 0.5) is 0 Å². The van der Waals surface area contributed by atoms with Crippen molar-refractivity contribution in [3.63, 3.8) is 0 Å². The van der Waals surface area contributed by atoms with Crippen LogP contribution in [0.5, 0.6) is 0 Å². The van der Waals surface area contributed by atoms with Gasteiger partial charge in [-0.05, 0) is 46.2 Å². The van der Waals surface area contributed by atoms with Gasteiger partial charge in [0.15, 0.2) is 0 Å². The van der Waals surface area contributed by atoms with Gasteiger partial charge in [0.05, 0.1) is 13.2 Å². The van der Waals surface area contributed by atoms with Gasteiger partial charge in [-0.1, -0.05) is 0 Å². The van der Waals surface area contributed by atoms with Crippen molar-refractivity contribution in [1.82, 2.24) is 10.2 Å². The largest absolute Gasteiger partial charge is 0.394 e. The molecule has 2 N–H and O–H groups in total. The Morgan fingerprint density at radius 3 is 2.82 bits per heavy atom. The predicted octanol–water partition coefficient (Wildman–Crippen LogP) is 0.600. The molecule has 0 radical (unpaired) electrons. The van der Waals surface area contributed by atoms with Gasteiger partial charge >= 0.3 is 0 Å². The number of hydrogen-bond donors (Lipinski definition) is 2. The summed E-state index contributed by atoms with van der Waals surface area (Å²) in [7, 11) is 4.18. The molecule has 0 aromatic rings. The molecule has 0 aromatic carbocycles. The van der Waals surface area contributed by atoms with E-state index in [0.717, 1.165) is 32.5 Å². The van der Waals surface area contributed by atoms with Crippen LogP contribution < -0.4 is 5.32 Å². The molecule has 3 unspecified atom stereocenters. The van der Waals surface area contributed by atoms with Crippen LogP contribution in [0.1, 0.15) is 32.1 Å². The molecule has 2 aliphatic rings. The lowest BCUT2D eigenvalue weighted by Crippen LogP contribution is -2.55. The smallest absolute Gasteiger partial charge is 0.0622 e. The van der Waals surface area contributed by atoms with Crippen molar-refractivity contribution in [2.24, 2.45) is 0 Å². The number of hydrogen-bond acceptors (Lipinski definition) is 4. The molecule has 3 atom stereocenters. The monoisotopic (exact) mass is 242 g/mol. The second-order valence-electron chi connectivity index (χ2n) is 5.62. The Morgan fingerprint density at radius 2 is 2.24 bits per heavy atom. The van der Waals surface area contributed by atoms with E-state index in [-0.39, 0.29) is 12.1 Å². The third kappa shape index (κ3) is 2.81. The molecule has 1 saturated heterocycles. The van der Waals surface area contributed by atoms with Gasteiger partial charge in [0.2, 0.25) is 0 Å². The first-order valence-electron chi connectivity index (χ1n) is 6.80. The lowest BCUT2D eigenvalue weighted by molar-refractivity contribution is 0.0524. The third-order valence-electron chi connectivity index (χ3n) is 4.71. The van der Waals surface area contributed by atoms with Crippen molar-refractivity contribution in [3.05, 3.63) is 0 Å². The number of nitrogens with one attached hydrogen (secondary N) is 1. The molecule has 1 aliphatic heterocycles. The second-order valence-corrected chi connectivity index (χ2v) is 5.62. The molecular formula is C13H26N2O2. The lowest BCUT2D eigenvalue weighted by Gasteiger charge is -2.44. The van der Waals surface area contributed by atoms with Gasteiger partial charge in [0.25, 0.3) is 0 Å². The van der Waals surface area contributed by atoms with Crippen LogP contribution in [0.25, 0.3) is 0 Å². The number of aliphatic hydroxyl groups excluding tert-OH is 1. The third-order valence-corrected chi connectivity index (χ3v) is 4.71. The highest BCUT2D eigenvalue weighted by molar-refractivity contribution is 4.96. The topological polar surface area (TPSA) is 44.7 Å². The fourth-order valence-electron chi connectivity index (χ4n) is 3.27. The molecular weight excluding hydrogens is 216 g/mol. The molecule has 2 fully saturated rings. The Balaban J connectivity index is 1.96. The quantitative estimate of drug-likeness (QED) is 0.758. The maximum atomic E-state index is 9.60. The molecule has 4 heteroatoms. The van der Waals surface area contributed by atoms with Crippen molar-refractivity contribution < 1.29 is 9.84 Å². The van der Waals surface area contributed by atoms with E-state index in [9.17, 15) is 5.11 Å². The van der Waals surface area contributed by atoms with Gasteiger partial charge in [-0.2, -0.15) is 0 Å². The molecule has 100 valence electrons. The predicted molar refractivity (Wildman–Crippen MR) is 68.1 cm³/mol. The van der Waals surface area contributed by atoms with E-state index >= 15 is 0 Å². The first-order valence-corrected chi connectivity index (χ1v) is 6.80. The van der Waals surface area contributed by atoms with E-state index in [1.807, 2.05) is 7.05 Å². The molecule has 0 aromatic heterocycles. The van der Waals surface area contributed by atoms with E-state index in [0.29, 0.717) is 12.1 Å². The SMILES string of the molecule is CNC1(CO)CCCC(N(C)C2CCOC2)C1. The summed E-state index contributed by atoms with van der Waals surface area (Å²) in [5.74, 6) is 0. The van der Waals surface area contributed by atoms with Gasteiger partial charge < -0.3 is 15.2 Å². The molecule has 1 heterocycles. The standard InChI is InChI=1S/C13H26N2O2/c1-14-13(10-16)6-3-4-11(8-13)15(2)12-5-7-17-9-12/h11-12,14,16H,3-10H2,1-2H3. The molecule has 17 heavy (non-hydrogen) atoms. The molecule has 4 nitrogen and oxygen atoms in total. The number of likely N-dealkylation sites (N-methyl/N-ethyl adjacent to an activating group) is 2. The van der Waals surface area contributed by atoms with Crippen molar-refractivity contribution >= 4 is 0 Å². The zero-order valence-electron chi connectivity index (χ0n) is 11.1. The molecule has 1 saturated carbocycles. The Kier molecular flexibility index (Phi) is 4.42. The van der Waals surface area contributed by atoms with E-state index in [1.54, 1.807) is 0 Å². The van der Waals surface area contributed by atoms with Crippen LogP contribution in [0.2, 0.25) is 0 Å². The van der Waals surface area contributed by atoms with E-state index < -0.39 is 0 Å². The van der Waals surface area contributed by atoms with Crippen molar-refractivity contribution in [1.29, 1.82) is 0 Å². The Labute approximate surface area is 104 Å². The maximum Gasteiger partial charge on any atom is 0.0622 e. The Morgan fingerprint density at radius 1 is 1.41 bits per heavy atom. The fraction of sp³-hybridized carbons (Fsp3) is 1.00. The van der Waals surface area contributed by atoms with Crippen LogP contribution in [0.15, 0.2) is 0 Å². The number of nitrogens with zero attached hydrogens (tertiary/aromatic N) is 1. The maximum absolute atomic E-state index is 9.60. The van der Waals surface area contributed by atoms with Gasteiger partial charge in [0.1, 0.15) is 0 Å². The van der Waals surface area contributed by atoms with Crippen molar-refractivity contribution in [2.75, 3.05) is 33.9 Å². The molecule has 2 rings (SSSR count). The van der Waals surface area contributed by atoms with Crippen LogP contribution >= 0.6 is 0 Å². The summed E-state index contributed by atoms with van der Waals surface area (Å²) in [6.07, 6.45) is 5.73. The molecule has 0 bridgehead atoms. The van der Waals surface area contributed by atoms with Gasteiger partial charge in [0, 0.05) is 24.2 Å². The Hall–Kier alpha value is -0.160. The minimum Gasteiger partial charge on any atom is -0.394 e. The van der Waals surface area contributed by atoms with E-state index in [4.69, 9.17) is 4.74 Å². The minimum absolute atomic E-state index is 0.0589. The highest BCUT2D eigenvalue weighted by atomic mass is 16.5. The average molecular weight is 242 g/mol. The summed E-state index contributed by atoms with van der Waals surface area (Å²) >= 11 is 0. The zero-order valence-corrected chi connectivity index (χ0v) is 11.1. The van der Waals surface area contributed by atoms with Gasteiger partial charge in [-0.3, -0.25) is 4.90 Å². The average Bonchev–Trinajstić information content (AvgIpc) is 2.91. The molecule has 1 aliphatic carbocycles. The minimum atomic E-state index is -0.0589. The molecule has 0 amide bonds. The van der Waals surface area contributed by atoms with Crippen LogP contribution in [-0.4, -0.2) is 61.5 Å². The molecule has 0 spiro atoms. The van der Waals surface area contributed by atoms with Gasteiger partial charge in [-0.15, -0.1) is 0 Å². The highest BCUT2D eigenvalue weighted by Crippen LogP contribution is 2.32. The number of aliphatic hydroxyl groups is 1. The summed E-state index contributed by atoms with van der Waals surface area (Å²) in [5.41, 5.74) is -0.0589. The summed E-state index contributed by atoms with van der Waals surface area (Å²) in [6.45, 7) is 2.02. The summed E-state index contributed by atoms with van der Waals surface area (Å²) in [4.78, 5) is 2.48. The normalized spacial score (nSPS) is 38.8. The number of rotatable bonds is 4. The zero-order chi connectivity index (χ0) is 12.3. The summed E-state index contributed by atoms with van der Waals surface area (Å²) in [6, 6.07) is 1.15. The first-order chi connectivity index (χ1) is 8.21. The second kappa shape index (κ2) is 5.65. The summed E-state index contributed by atoms with van der Waals surface area (Å²) < 4.78 is 5.47.